The standard InChI is InChI=1S/C21H36N8O3.C3H8O2/c1-21(2,3)32-20(30)24-9-4-5-10-28(11-8-22)12-15-6-7-16(31-15)29-14-27-17-18(23)25-13-26-19(17)29;1-3(2,4)5/h13-16H,4-12,22H2,1-3H3,(H,24,30)(H2,23,25,26);4-5H,1-2H3. The first-order valence-corrected chi connectivity index (χ1v) is 12.7. The van der Waals surface area contributed by atoms with Crippen molar-refractivity contribution in [1.82, 2.24) is 29.7 Å². The number of nitrogens with zero attached hydrogens (tertiary/aromatic N) is 5. The van der Waals surface area contributed by atoms with Crippen LogP contribution in [0.2, 0.25) is 0 Å². The summed E-state index contributed by atoms with van der Waals surface area (Å²) < 4.78 is 13.5. The van der Waals surface area contributed by atoms with Gasteiger partial charge in [-0.25, -0.2) is 19.7 Å². The zero-order chi connectivity index (χ0) is 27.6. The first-order chi connectivity index (χ1) is 17.3. The third kappa shape index (κ3) is 11.6. The molecule has 3 heterocycles. The van der Waals surface area contributed by atoms with E-state index < -0.39 is 11.4 Å². The number of unbranched alkanes of at least 4 members (excludes halogenated alkanes) is 1. The molecule has 0 saturated carbocycles. The molecule has 210 valence electrons. The number of carbonyl (C=O) groups excluding carboxylic acids is 1. The van der Waals surface area contributed by atoms with Gasteiger partial charge in [-0.1, -0.05) is 0 Å². The molecular formula is C24H44N8O5. The maximum Gasteiger partial charge on any atom is 0.407 e. The molecule has 2 aromatic rings. The van der Waals surface area contributed by atoms with Crippen LogP contribution in [-0.2, 0) is 9.47 Å². The largest absolute Gasteiger partial charge is 0.444 e. The molecule has 3 rings (SSSR count). The first-order valence-electron chi connectivity index (χ1n) is 12.7. The van der Waals surface area contributed by atoms with Gasteiger partial charge in [-0.05, 0) is 66.8 Å². The van der Waals surface area contributed by atoms with Crippen LogP contribution < -0.4 is 16.8 Å². The quantitative estimate of drug-likeness (QED) is 0.223. The van der Waals surface area contributed by atoms with E-state index in [9.17, 15) is 4.79 Å². The number of rotatable bonds is 10. The highest BCUT2D eigenvalue weighted by molar-refractivity contribution is 5.81. The average molecular weight is 525 g/mol. The molecule has 13 heteroatoms. The number of imidazole rings is 1. The van der Waals surface area contributed by atoms with Gasteiger partial charge in [0.05, 0.1) is 12.4 Å². The van der Waals surface area contributed by atoms with Crippen molar-refractivity contribution in [2.45, 2.75) is 84.0 Å². The Kier molecular flexibility index (Phi) is 11.4. The van der Waals surface area contributed by atoms with Gasteiger partial charge in [-0.2, -0.15) is 0 Å². The Balaban J connectivity index is 0.000000877. The molecule has 0 aliphatic carbocycles. The van der Waals surface area contributed by atoms with Crippen molar-refractivity contribution in [3.8, 4) is 0 Å². The number of aliphatic hydroxyl groups is 2. The van der Waals surface area contributed by atoms with Crippen molar-refractivity contribution in [2.24, 2.45) is 5.73 Å². The van der Waals surface area contributed by atoms with Crippen molar-refractivity contribution in [3.63, 3.8) is 0 Å². The normalized spacial score (nSPS) is 18.1. The van der Waals surface area contributed by atoms with E-state index in [4.69, 9.17) is 31.2 Å². The minimum Gasteiger partial charge on any atom is -0.444 e. The Morgan fingerprint density at radius 3 is 2.54 bits per heavy atom. The minimum absolute atomic E-state index is 0.114. The van der Waals surface area contributed by atoms with Crippen LogP contribution in [0.15, 0.2) is 12.7 Å². The van der Waals surface area contributed by atoms with Crippen LogP contribution in [0, 0.1) is 0 Å². The molecule has 0 aromatic carbocycles. The van der Waals surface area contributed by atoms with Gasteiger partial charge in [-0.3, -0.25) is 9.47 Å². The molecule has 0 bridgehead atoms. The third-order valence-corrected chi connectivity index (χ3v) is 5.26. The molecule has 13 nitrogen and oxygen atoms in total. The number of nitrogens with two attached hydrogens (primary N) is 2. The van der Waals surface area contributed by atoms with Crippen molar-refractivity contribution >= 4 is 23.1 Å². The fourth-order valence-electron chi connectivity index (χ4n) is 3.84. The van der Waals surface area contributed by atoms with Gasteiger partial charge in [0.1, 0.15) is 23.7 Å². The van der Waals surface area contributed by atoms with Crippen LogP contribution in [-0.4, -0.2) is 90.9 Å². The summed E-state index contributed by atoms with van der Waals surface area (Å²) in [7, 11) is 0. The highest BCUT2D eigenvalue weighted by Crippen LogP contribution is 2.31. The maximum absolute atomic E-state index is 11.7. The number of anilines is 1. The van der Waals surface area contributed by atoms with E-state index in [1.165, 1.54) is 20.2 Å². The van der Waals surface area contributed by atoms with Crippen LogP contribution in [0.1, 0.15) is 66.5 Å². The van der Waals surface area contributed by atoms with Crippen LogP contribution in [0.3, 0.4) is 0 Å². The molecule has 37 heavy (non-hydrogen) atoms. The number of hydrogen-bond acceptors (Lipinski definition) is 11. The molecule has 1 amide bonds. The van der Waals surface area contributed by atoms with Crippen LogP contribution in [0.25, 0.3) is 11.2 Å². The molecular weight excluding hydrogens is 480 g/mol. The molecule has 1 aliphatic heterocycles. The summed E-state index contributed by atoms with van der Waals surface area (Å²) in [6, 6.07) is 0. The Hall–Kier alpha value is -2.58. The zero-order valence-corrected chi connectivity index (χ0v) is 22.7. The van der Waals surface area contributed by atoms with E-state index in [-0.39, 0.29) is 18.4 Å². The van der Waals surface area contributed by atoms with E-state index >= 15 is 0 Å². The van der Waals surface area contributed by atoms with E-state index in [2.05, 4.69) is 25.2 Å². The molecule has 1 fully saturated rings. The number of ether oxygens (including phenoxy) is 2. The summed E-state index contributed by atoms with van der Waals surface area (Å²) in [6.07, 6.45) is 6.45. The number of nitrogens with one attached hydrogen (secondary N) is 1. The number of hydrogen-bond donors (Lipinski definition) is 5. The summed E-state index contributed by atoms with van der Waals surface area (Å²) in [6.45, 7) is 11.9. The first kappa shape index (κ1) is 30.6. The van der Waals surface area contributed by atoms with Gasteiger partial charge in [0, 0.05) is 26.2 Å². The lowest BCUT2D eigenvalue weighted by Gasteiger charge is -2.25. The number of aromatic nitrogens is 4. The van der Waals surface area contributed by atoms with E-state index in [0.29, 0.717) is 30.1 Å². The molecule has 1 saturated heterocycles. The molecule has 2 atom stereocenters. The van der Waals surface area contributed by atoms with Crippen molar-refractivity contribution in [1.29, 1.82) is 0 Å². The second-order valence-corrected chi connectivity index (χ2v) is 10.6. The van der Waals surface area contributed by atoms with Gasteiger partial charge in [-0.15, -0.1) is 0 Å². The van der Waals surface area contributed by atoms with Crippen LogP contribution in [0.4, 0.5) is 10.6 Å². The summed E-state index contributed by atoms with van der Waals surface area (Å²) in [4.78, 5) is 26.7. The monoisotopic (exact) mass is 524 g/mol. The van der Waals surface area contributed by atoms with E-state index in [1.807, 2.05) is 25.3 Å². The molecule has 1 aliphatic rings. The second-order valence-electron chi connectivity index (χ2n) is 10.6. The Labute approximate surface area is 218 Å². The average Bonchev–Trinajstić information content (AvgIpc) is 3.38. The smallest absolute Gasteiger partial charge is 0.407 e. The van der Waals surface area contributed by atoms with E-state index in [0.717, 1.165) is 45.3 Å². The van der Waals surface area contributed by atoms with Crippen molar-refractivity contribution in [2.75, 3.05) is 38.5 Å². The van der Waals surface area contributed by atoms with Crippen LogP contribution >= 0.6 is 0 Å². The SMILES string of the molecule is CC(C)(C)OC(=O)NCCCCN(CCN)CC1CCC(n2cnc3c(N)ncnc32)O1.CC(C)(O)O. The maximum atomic E-state index is 11.7. The summed E-state index contributed by atoms with van der Waals surface area (Å²) in [5.74, 6) is -1.13. The van der Waals surface area contributed by atoms with Crippen molar-refractivity contribution < 1.29 is 24.5 Å². The van der Waals surface area contributed by atoms with Crippen molar-refractivity contribution in [3.05, 3.63) is 12.7 Å². The Morgan fingerprint density at radius 1 is 1.19 bits per heavy atom. The minimum atomic E-state index is -1.50. The lowest BCUT2D eigenvalue weighted by atomic mass is 10.2. The number of alkyl carbamates (subject to hydrolysis) is 1. The number of nitrogen functional groups attached to an aromatic ring is 1. The van der Waals surface area contributed by atoms with Gasteiger partial charge < -0.3 is 36.5 Å². The third-order valence-electron chi connectivity index (χ3n) is 5.26. The highest BCUT2D eigenvalue weighted by atomic mass is 16.6. The van der Waals surface area contributed by atoms with E-state index in [1.54, 1.807) is 6.33 Å². The Bertz CT molecular complexity index is 966. The molecule has 0 spiro atoms. The molecule has 7 N–H and O–H groups in total. The highest BCUT2D eigenvalue weighted by Gasteiger charge is 2.29. The zero-order valence-electron chi connectivity index (χ0n) is 22.7. The summed E-state index contributed by atoms with van der Waals surface area (Å²) >= 11 is 0. The molecule has 2 unspecified atom stereocenters. The predicted molar refractivity (Wildman–Crippen MR) is 140 cm³/mol. The van der Waals surface area contributed by atoms with Gasteiger partial charge in [0.15, 0.2) is 17.3 Å². The van der Waals surface area contributed by atoms with Gasteiger partial charge >= 0.3 is 6.09 Å². The van der Waals surface area contributed by atoms with Gasteiger partial charge in [0.2, 0.25) is 0 Å². The number of carbonyl (C=O) groups is 1. The second kappa shape index (κ2) is 13.8. The fourth-order valence-corrected chi connectivity index (χ4v) is 3.84. The lowest BCUT2D eigenvalue weighted by Crippen LogP contribution is -2.37. The number of amides is 1. The van der Waals surface area contributed by atoms with Crippen LogP contribution in [0.5, 0.6) is 0 Å². The number of fused-ring (bicyclic) bond motifs is 1. The summed E-state index contributed by atoms with van der Waals surface area (Å²) in [5.41, 5.74) is 12.5. The summed E-state index contributed by atoms with van der Waals surface area (Å²) in [5, 5.41) is 19.0. The molecule has 2 aromatic heterocycles. The predicted octanol–water partition coefficient (Wildman–Crippen LogP) is 1.36. The van der Waals surface area contributed by atoms with Gasteiger partial charge in [0.25, 0.3) is 0 Å². The topological polar surface area (TPSA) is 187 Å². The Morgan fingerprint density at radius 2 is 1.89 bits per heavy atom. The molecule has 0 radical (unpaired) electrons. The fraction of sp³-hybridized carbons (Fsp3) is 0.750. The lowest BCUT2D eigenvalue weighted by molar-refractivity contribution is -0.127.